The number of benzene rings is 1. The van der Waals surface area contributed by atoms with Crippen LogP contribution < -0.4 is 25.4 Å². The molecule has 1 saturated heterocycles. The molecule has 6 atom stereocenters. The molecule has 4 N–H and O–H groups in total. The number of aromatic nitrogens is 2. The molecule has 54 heavy (non-hydrogen) atoms. The van der Waals surface area contributed by atoms with Gasteiger partial charge in [-0.2, -0.15) is 0 Å². The van der Waals surface area contributed by atoms with E-state index >= 15 is 0 Å². The van der Waals surface area contributed by atoms with E-state index in [1.165, 1.54) is 22.9 Å². The highest BCUT2D eigenvalue weighted by molar-refractivity contribution is 7.59. The Kier molecular flexibility index (Phi) is 11.3. The number of fused-ring (bicyclic) bond motifs is 1. The molecule has 0 spiro atoms. The SMILES string of the molecule is C=C[C@@H]1C[C@]1(NC(=O)[C@@H]1C[C@@H](Oc2cc(-c3csc(NCC)n3)nc3cc(OC)ccc23)CN1C(=O)[C@@H](NC(=O)OC1CCCC1)C(C)(C)C)P(C)(=O)O. The van der Waals surface area contributed by atoms with Gasteiger partial charge >= 0.3 is 6.09 Å². The zero-order valence-corrected chi connectivity index (χ0v) is 33.4. The van der Waals surface area contributed by atoms with E-state index in [4.69, 9.17) is 24.2 Å². The maximum absolute atomic E-state index is 14.6. The Labute approximate surface area is 319 Å². The highest BCUT2D eigenvalue weighted by atomic mass is 32.1. The van der Waals surface area contributed by atoms with Gasteiger partial charge in [-0.05, 0) is 56.6 Å². The number of anilines is 1. The summed E-state index contributed by atoms with van der Waals surface area (Å²) in [6.45, 7) is 13.2. The normalized spacial score (nSPS) is 24.4. The van der Waals surface area contributed by atoms with E-state index in [1.54, 1.807) is 31.4 Å². The number of amides is 3. The summed E-state index contributed by atoms with van der Waals surface area (Å²) < 4.78 is 31.0. The molecule has 3 aromatic rings. The van der Waals surface area contributed by atoms with Crippen molar-refractivity contribution in [3.63, 3.8) is 0 Å². The Hall–Kier alpha value is -4.20. The number of hydrogen-bond acceptors (Lipinski definition) is 11. The van der Waals surface area contributed by atoms with Crippen molar-refractivity contribution in [2.45, 2.75) is 95.8 Å². The predicted octanol–water partition coefficient (Wildman–Crippen LogP) is 6.15. The van der Waals surface area contributed by atoms with Gasteiger partial charge in [0, 0.05) is 48.4 Å². The van der Waals surface area contributed by atoms with Gasteiger partial charge in [0.15, 0.2) is 5.13 Å². The van der Waals surface area contributed by atoms with Crippen LogP contribution >= 0.6 is 18.7 Å². The number of carbonyl (C=O) groups excluding carboxylic acids is 3. The molecule has 3 amide bonds. The number of alkyl carbamates (subject to hydrolysis) is 1. The third-order valence-electron chi connectivity index (χ3n) is 10.5. The second kappa shape index (κ2) is 15.5. The smallest absolute Gasteiger partial charge is 0.408 e. The fourth-order valence-electron chi connectivity index (χ4n) is 7.41. The Morgan fingerprint density at radius 3 is 2.54 bits per heavy atom. The van der Waals surface area contributed by atoms with Crippen molar-refractivity contribution in [1.29, 1.82) is 0 Å². The standard InChI is InChI=1S/C38H51N6O8PS/c1-8-22-19-38(22,53(7,48)49)43-33(45)30-17-25(20-44(30)34(46)32(37(3,4)5)42-36(47)52-23-12-10-11-13-23)51-31-18-28(29-21-54-35(41-29)39-9-2)40-27-16-24(50-6)14-15-26(27)31/h8,14-16,18,21-23,25,30,32H,1,9-13,17,19-20H2,2-7H3,(H,39,41)(H,42,47)(H,43,45)(H,48,49)/t22-,25-,30+,32-,38+/m1/s1. The Morgan fingerprint density at radius 1 is 1.17 bits per heavy atom. The van der Waals surface area contributed by atoms with Gasteiger partial charge in [-0.1, -0.05) is 26.8 Å². The summed E-state index contributed by atoms with van der Waals surface area (Å²) in [6.07, 6.45) is 3.80. The second-order valence-corrected chi connectivity index (χ2v) is 18.9. The number of rotatable bonds is 13. The quantitative estimate of drug-likeness (QED) is 0.115. The molecule has 292 valence electrons. The molecular formula is C38H51N6O8PS. The molecule has 3 heterocycles. The number of nitrogens with one attached hydrogen (secondary N) is 3. The molecule has 2 aliphatic carbocycles. The Bertz CT molecular complexity index is 1950. The molecule has 6 rings (SSSR count). The van der Waals surface area contributed by atoms with Gasteiger partial charge in [0.2, 0.25) is 19.2 Å². The van der Waals surface area contributed by atoms with Crippen molar-refractivity contribution in [2.24, 2.45) is 11.3 Å². The average molecular weight is 783 g/mol. The molecule has 3 aliphatic rings. The molecule has 0 radical (unpaired) electrons. The lowest BCUT2D eigenvalue weighted by molar-refractivity contribution is -0.142. The fourth-order valence-corrected chi connectivity index (χ4v) is 9.76. The fraction of sp³-hybridized carbons (Fsp3) is 0.553. The highest BCUT2D eigenvalue weighted by Crippen LogP contribution is 2.67. The lowest BCUT2D eigenvalue weighted by Crippen LogP contribution is -2.58. The van der Waals surface area contributed by atoms with Gasteiger partial charge in [-0.15, -0.1) is 17.9 Å². The first-order valence-corrected chi connectivity index (χ1v) is 21.4. The third kappa shape index (κ3) is 8.23. The van der Waals surface area contributed by atoms with Crippen molar-refractivity contribution < 1.29 is 38.1 Å². The number of hydrogen-bond donors (Lipinski definition) is 4. The Morgan fingerprint density at radius 2 is 1.91 bits per heavy atom. The summed E-state index contributed by atoms with van der Waals surface area (Å²) in [5.41, 5.74) is 1.05. The summed E-state index contributed by atoms with van der Waals surface area (Å²) in [5, 5.41) is 10.8. The lowest BCUT2D eigenvalue weighted by atomic mass is 9.85. The van der Waals surface area contributed by atoms with Crippen LogP contribution in [0.4, 0.5) is 9.93 Å². The van der Waals surface area contributed by atoms with Crippen molar-refractivity contribution >= 4 is 52.6 Å². The van der Waals surface area contributed by atoms with E-state index in [-0.39, 0.29) is 25.5 Å². The van der Waals surface area contributed by atoms with E-state index in [1.807, 2.05) is 39.1 Å². The zero-order chi connectivity index (χ0) is 39.0. The maximum atomic E-state index is 14.6. The van der Waals surface area contributed by atoms with Gasteiger partial charge in [0.1, 0.15) is 46.8 Å². The number of ether oxygens (including phenoxy) is 3. The van der Waals surface area contributed by atoms with E-state index < -0.39 is 60.1 Å². The van der Waals surface area contributed by atoms with Crippen LogP contribution in [0.15, 0.2) is 42.3 Å². The molecule has 2 aromatic heterocycles. The van der Waals surface area contributed by atoms with E-state index in [2.05, 4.69) is 22.5 Å². The summed E-state index contributed by atoms with van der Waals surface area (Å²) in [6, 6.07) is 5.11. The summed E-state index contributed by atoms with van der Waals surface area (Å²) in [7, 11) is -2.25. The van der Waals surface area contributed by atoms with Gasteiger partial charge in [-0.25, -0.2) is 14.8 Å². The van der Waals surface area contributed by atoms with E-state index in [9.17, 15) is 23.8 Å². The minimum atomic E-state index is -3.83. The minimum absolute atomic E-state index is 0.000222. The first-order chi connectivity index (χ1) is 25.6. The average Bonchev–Trinajstić information content (AvgIpc) is 3.52. The van der Waals surface area contributed by atoms with Crippen LogP contribution in [0.3, 0.4) is 0 Å². The number of pyridine rings is 1. The molecule has 14 nitrogen and oxygen atoms in total. The summed E-state index contributed by atoms with van der Waals surface area (Å²) in [4.78, 5) is 63.7. The number of thiazole rings is 1. The molecule has 16 heteroatoms. The van der Waals surface area contributed by atoms with Crippen LogP contribution in [0.1, 0.15) is 66.2 Å². The van der Waals surface area contributed by atoms with Crippen LogP contribution in [0.2, 0.25) is 0 Å². The number of nitrogens with zero attached hydrogens (tertiary/aromatic N) is 3. The van der Waals surface area contributed by atoms with Gasteiger partial charge in [0.05, 0.1) is 24.9 Å². The second-order valence-electron chi connectivity index (χ2n) is 15.5. The molecule has 1 aromatic carbocycles. The van der Waals surface area contributed by atoms with Gasteiger partial charge < -0.3 is 40.0 Å². The maximum Gasteiger partial charge on any atom is 0.408 e. The van der Waals surface area contributed by atoms with Crippen LogP contribution in [0.25, 0.3) is 22.3 Å². The van der Waals surface area contributed by atoms with Crippen LogP contribution in [-0.2, 0) is 18.9 Å². The number of carbonyl (C=O) groups is 3. The predicted molar refractivity (Wildman–Crippen MR) is 208 cm³/mol. The van der Waals surface area contributed by atoms with Crippen molar-refractivity contribution in [1.82, 2.24) is 25.5 Å². The Balaban J connectivity index is 1.33. The summed E-state index contributed by atoms with van der Waals surface area (Å²) >= 11 is 1.46. The number of methoxy groups -OCH3 is 1. The van der Waals surface area contributed by atoms with Crippen LogP contribution in [-0.4, -0.2) is 94.1 Å². The van der Waals surface area contributed by atoms with Gasteiger partial charge in [-0.3, -0.25) is 14.2 Å². The molecule has 0 bridgehead atoms. The van der Waals surface area contributed by atoms with Crippen molar-refractivity contribution in [3.05, 3.63) is 42.3 Å². The minimum Gasteiger partial charge on any atom is -0.497 e. The van der Waals surface area contributed by atoms with Crippen molar-refractivity contribution in [2.75, 3.05) is 32.2 Å². The third-order valence-corrected chi connectivity index (χ3v) is 13.4. The first-order valence-electron chi connectivity index (χ1n) is 18.4. The highest BCUT2D eigenvalue weighted by Gasteiger charge is 2.64. The van der Waals surface area contributed by atoms with E-state index in [0.717, 1.165) is 30.8 Å². The van der Waals surface area contributed by atoms with Crippen LogP contribution in [0, 0.1) is 11.3 Å². The summed E-state index contributed by atoms with van der Waals surface area (Å²) in [5.74, 6) is -0.394. The first kappa shape index (κ1) is 39.5. The van der Waals surface area contributed by atoms with Crippen molar-refractivity contribution in [3.8, 4) is 22.9 Å². The molecule has 1 unspecified atom stereocenters. The lowest BCUT2D eigenvalue weighted by Gasteiger charge is -2.35. The topological polar surface area (TPSA) is 181 Å². The molecule has 1 aliphatic heterocycles. The molecule has 3 fully saturated rings. The van der Waals surface area contributed by atoms with E-state index in [0.29, 0.717) is 40.3 Å². The van der Waals surface area contributed by atoms with Gasteiger partial charge in [0.25, 0.3) is 0 Å². The zero-order valence-electron chi connectivity index (χ0n) is 31.7. The van der Waals surface area contributed by atoms with Crippen LogP contribution in [0.5, 0.6) is 11.5 Å². The molecular weight excluding hydrogens is 731 g/mol. The molecule has 2 saturated carbocycles. The number of likely N-dealkylation sites (tertiary alicyclic amines) is 1. The monoisotopic (exact) mass is 782 g/mol. The largest absolute Gasteiger partial charge is 0.497 e.